The molecular weight excluding hydrogens is 252 g/mol. The lowest BCUT2D eigenvalue weighted by Crippen LogP contribution is -2.51. The molecule has 2 aliphatic rings. The van der Waals surface area contributed by atoms with Crippen molar-refractivity contribution in [2.45, 2.75) is 50.7 Å². The van der Waals surface area contributed by atoms with E-state index in [0.717, 1.165) is 37.9 Å². The van der Waals surface area contributed by atoms with Gasteiger partial charge in [0.25, 0.3) is 0 Å². The van der Waals surface area contributed by atoms with E-state index < -0.39 is 0 Å². The van der Waals surface area contributed by atoms with Gasteiger partial charge in [0.15, 0.2) is 0 Å². The van der Waals surface area contributed by atoms with Crippen molar-refractivity contribution < 1.29 is 9.53 Å². The van der Waals surface area contributed by atoms with Crippen LogP contribution in [0, 0.1) is 0 Å². The van der Waals surface area contributed by atoms with E-state index in [9.17, 15) is 4.79 Å². The van der Waals surface area contributed by atoms with Gasteiger partial charge in [-0.1, -0.05) is 6.07 Å². The van der Waals surface area contributed by atoms with Crippen molar-refractivity contribution in [1.82, 2.24) is 9.88 Å². The van der Waals surface area contributed by atoms with Gasteiger partial charge in [0.05, 0.1) is 18.8 Å². The summed E-state index contributed by atoms with van der Waals surface area (Å²) in [6.07, 6.45) is 7.90. The van der Waals surface area contributed by atoms with Crippen molar-refractivity contribution in [1.29, 1.82) is 0 Å². The molecule has 2 atom stereocenters. The summed E-state index contributed by atoms with van der Waals surface area (Å²) < 4.78 is 5.75. The topological polar surface area (TPSA) is 42.4 Å². The van der Waals surface area contributed by atoms with Crippen LogP contribution in [0.1, 0.15) is 37.8 Å². The molecule has 4 nitrogen and oxygen atoms in total. The van der Waals surface area contributed by atoms with E-state index in [2.05, 4.69) is 9.88 Å². The third-order valence-electron chi connectivity index (χ3n) is 4.35. The molecule has 20 heavy (non-hydrogen) atoms. The van der Waals surface area contributed by atoms with Gasteiger partial charge in [-0.05, 0) is 44.2 Å². The number of amides is 1. The van der Waals surface area contributed by atoms with Gasteiger partial charge in [0.2, 0.25) is 5.91 Å². The Bertz CT molecular complexity index is 449. The molecule has 108 valence electrons. The minimum absolute atomic E-state index is 0.293. The largest absolute Gasteiger partial charge is 0.374 e. The fourth-order valence-electron chi connectivity index (χ4n) is 3.35. The van der Waals surface area contributed by atoms with E-state index in [4.69, 9.17) is 4.74 Å². The van der Waals surface area contributed by atoms with E-state index in [1.807, 2.05) is 24.4 Å². The predicted octanol–water partition coefficient (Wildman–Crippen LogP) is 2.18. The first-order valence-corrected chi connectivity index (χ1v) is 7.65. The number of aromatic nitrogens is 1. The van der Waals surface area contributed by atoms with Gasteiger partial charge >= 0.3 is 0 Å². The molecule has 1 aliphatic carbocycles. The molecule has 1 saturated heterocycles. The van der Waals surface area contributed by atoms with Crippen molar-refractivity contribution in [3.8, 4) is 0 Å². The van der Waals surface area contributed by atoms with E-state index >= 15 is 0 Å². The summed E-state index contributed by atoms with van der Waals surface area (Å²) in [5.41, 5.74) is 1.07. The third-order valence-corrected chi connectivity index (χ3v) is 4.35. The third kappa shape index (κ3) is 3.01. The molecule has 2 unspecified atom stereocenters. The second kappa shape index (κ2) is 6.35. The Morgan fingerprint density at radius 1 is 1.40 bits per heavy atom. The highest BCUT2D eigenvalue weighted by molar-refractivity contribution is 5.76. The monoisotopic (exact) mass is 274 g/mol. The number of ether oxygens (including phenoxy) is 1. The van der Waals surface area contributed by atoms with Gasteiger partial charge in [-0.25, -0.2) is 0 Å². The molecule has 1 aromatic rings. The predicted molar refractivity (Wildman–Crippen MR) is 76.3 cm³/mol. The summed E-state index contributed by atoms with van der Waals surface area (Å²) in [4.78, 5) is 18.7. The Kier molecular flexibility index (Phi) is 4.31. The van der Waals surface area contributed by atoms with Gasteiger partial charge in [-0.2, -0.15) is 0 Å². The Balaban J connectivity index is 1.49. The number of hydrogen-bond donors (Lipinski definition) is 0. The molecule has 0 radical (unpaired) electrons. The van der Waals surface area contributed by atoms with Gasteiger partial charge in [-0.15, -0.1) is 0 Å². The molecule has 0 bridgehead atoms. The first-order chi connectivity index (χ1) is 9.84. The number of nitrogens with zero attached hydrogens (tertiary/aromatic N) is 2. The smallest absolute Gasteiger partial charge is 0.222 e. The Labute approximate surface area is 120 Å². The highest BCUT2D eigenvalue weighted by Crippen LogP contribution is 2.30. The van der Waals surface area contributed by atoms with Crippen molar-refractivity contribution in [3.63, 3.8) is 0 Å². The van der Waals surface area contributed by atoms with Crippen LogP contribution in [-0.2, 0) is 16.0 Å². The zero-order valence-electron chi connectivity index (χ0n) is 11.8. The molecule has 1 saturated carbocycles. The average Bonchev–Trinajstić information content (AvgIpc) is 2.96. The lowest BCUT2D eigenvalue weighted by molar-refractivity contribution is -0.144. The number of pyridine rings is 1. The molecule has 0 aromatic carbocycles. The van der Waals surface area contributed by atoms with Crippen molar-refractivity contribution >= 4 is 5.91 Å². The minimum Gasteiger partial charge on any atom is -0.374 e. The minimum atomic E-state index is 0.293. The fraction of sp³-hybridized carbons (Fsp3) is 0.625. The second-order valence-electron chi connectivity index (χ2n) is 5.67. The summed E-state index contributed by atoms with van der Waals surface area (Å²) >= 11 is 0. The second-order valence-corrected chi connectivity index (χ2v) is 5.67. The van der Waals surface area contributed by atoms with E-state index in [1.54, 1.807) is 0 Å². The van der Waals surface area contributed by atoms with E-state index in [-0.39, 0.29) is 0 Å². The zero-order valence-corrected chi connectivity index (χ0v) is 11.8. The summed E-state index contributed by atoms with van der Waals surface area (Å²) in [5.74, 6) is 0.293. The molecule has 0 N–H and O–H groups in total. The normalized spacial score (nSPS) is 25.5. The Morgan fingerprint density at radius 2 is 2.35 bits per heavy atom. The molecule has 2 fully saturated rings. The van der Waals surface area contributed by atoms with Crippen LogP contribution in [0.25, 0.3) is 0 Å². The standard InChI is InChI=1S/C16H22N2O2/c19-16(9-3-6-13-5-1-2-10-17-13)18-11-12-20-15-8-4-7-14(15)18/h1-2,5,10,14-15H,3-4,6-9,11-12H2. The number of rotatable bonds is 4. The first kappa shape index (κ1) is 13.6. The molecule has 4 heteroatoms. The fourth-order valence-corrected chi connectivity index (χ4v) is 3.35. The maximum Gasteiger partial charge on any atom is 0.222 e. The van der Waals surface area contributed by atoms with Crippen LogP contribution in [0.5, 0.6) is 0 Å². The highest BCUT2D eigenvalue weighted by atomic mass is 16.5. The maximum absolute atomic E-state index is 12.4. The molecule has 1 aromatic heterocycles. The van der Waals surface area contributed by atoms with Crippen LogP contribution in [0.15, 0.2) is 24.4 Å². The van der Waals surface area contributed by atoms with Gasteiger partial charge in [-0.3, -0.25) is 9.78 Å². The first-order valence-electron chi connectivity index (χ1n) is 7.65. The molecule has 1 aliphatic heterocycles. The van der Waals surface area contributed by atoms with Crippen LogP contribution in [0.3, 0.4) is 0 Å². The molecular formula is C16H22N2O2. The number of carbonyl (C=O) groups is 1. The van der Waals surface area contributed by atoms with Crippen LogP contribution in [-0.4, -0.2) is 41.1 Å². The van der Waals surface area contributed by atoms with Crippen LogP contribution >= 0.6 is 0 Å². The molecule has 0 spiro atoms. The Hall–Kier alpha value is -1.42. The van der Waals surface area contributed by atoms with E-state index in [1.165, 1.54) is 6.42 Å². The number of carbonyl (C=O) groups excluding carboxylic acids is 1. The average molecular weight is 274 g/mol. The summed E-state index contributed by atoms with van der Waals surface area (Å²) in [6.45, 7) is 1.47. The molecule has 1 amide bonds. The zero-order chi connectivity index (χ0) is 13.8. The number of hydrogen-bond acceptors (Lipinski definition) is 3. The summed E-state index contributed by atoms with van der Waals surface area (Å²) in [7, 11) is 0. The maximum atomic E-state index is 12.4. The number of fused-ring (bicyclic) bond motifs is 1. The molecule has 3 rings (SSSR count). The lowest BCUT2D eigenvalue weighted by atomic mass is 10.1. The number of morpholine rings is 1. The van der Waals surface area contributed by atoms with Gasteiger partial charge < -0.3 is 9.64 Å². The quantitative estimate of drug-likeness (QED) is 0.845. The lowest BCUT2D eigenvalue weighted by Gasteiger charge is -2.37. The molecule has 2 heterocycles. The van der Waals surface area contributed by atoms with E-state index in [0.29, 0.717) is 31.1 Å². The summed E-state index contributed by atoms with van der Waals surface area (Å²) in [5, 5.41) is 0. The van der Waals surface area contributed by atoms with Crippen LogP contribution in [0.4, 0.5) is 0 Å². The Morgan fingerprint density at radius 3 is 3.20 bits per heavy atom. The van der Waals surface area contributed by atoms with Crippen LogP contribution in [0.2, 0.25) is 0 Å². The SMILES string of the molecule is O=C(CCCc1ccccn1)N1CCOC2CCCC21. The highest BCUT2D eigenvalue weighted by Gasteiger charge is 2.37. The van der Waals surface area contributed by atoms with Crippen LogP contribution < -0.4 is 0 Å². The van der Waals surface area contributed by atoms with Gasteiger partial charge in [0.1, 0.15) is 0 Å². The van der Waals surface area contributed by atoms with Crippen molar-refractivity contribution in [2.75, 3.05) is 13.2 Å². The van der Waals surface area contributed by atoms with Crippen molar-refractivity contribution in [2.24, 2.45) is 0 Å². The number of aryl methyl sites for hydroxylation is 1. The summed E-state index contributed by atoms with van der Waals surface area (Å²) in [6, 6.07) is 6.27. The van der Waals surface area contributed by atoms with Crippen molar-refractivity contribution in [3.05, 3.63) is 30.1 Å². The van der Waals surface area contributed by atoms with Gasteiger partial charge in [0, 0.05) is 24.9 Å².